The van der Waals surface area contributed by atoms with Crippen molar-refractivity contribution in [1.29, 1.82) is 0 Å². The Labute approximate surface area is 71.4 Å². The van der Waals surface area contributed by atoms with Crippen LogP contribution in [-0.2, 0) is 6.42 Å². The molecular weight excluding hydrogens is 152 g/mol. The summed E-state index contributed by atoms with van der Waals surface area (Å²) in [5.41, 5.74) is 1.75. The van der Waals surface area contributed by atoms with Crippen molar-refractivity contribution in [2.75, 3.05) is 0 Å². The summed E-state index contributed by atoms with van der Waals surface area (Å²) in [7, 11) is 0. The number of nitrogens with zero attached hydrogens (tertiary/aromatic N) is 2. The van der Waals surface area contributed by atoms with Crippen LogP contribution in [0.5, 0.6) is 0 Å². The first-order valence-electron chi connectivity index (χ1n) is 4.38. The van der Waals surface area contributed by atoms with Gasteiger partial charge in [0.1, 0.15) is 5.69 Å². The minimum atomic E-state index is 0.568. The lowest BCUT2D eigenvalue weighted by Gasteiger charge is -2.01. The zero-order chi connectivity index (χ0) is 8.55. The summed E-state index contributed by atoms with van der Waals surface area (Å²) < 4.78 is 2.00. The standard InChI is InChI=1S/C9H12N2O/c1-2-8-5-7(6-12)10-11(8)9-3-4-9/h5-6,9H,2-4H2,1H3. The van der Waals surface area contributed by atoms with Crippen LogP contribution in [0.2, 0.25) is 0 Å². The first-order chi connectivity index (χ1) is 5.85. The van der Waals surface area contributed by atoms with E-state index in [0.29, 0.717) is 11.7 Å². The molecule has 1 aromatic heterocycles. The molecule has 1 heterocycles. The van der Waals surface area contributed by atoms with Crippen molar-refractivity contribution < 1.29 is 4.79 Å². The summed E-state index contributed by atoms with van der Waals surface area (Å²) in [6, 6.07) is 2.46. The molecule has 0 aliphatic heterocycles. The highest BCUT2D eigenvalue weighted by Gasteiger charge is 2.26. The number of aldehydes is 1. The van der Waals surface area contributed by atoms with E-state index in [4.69, 9.17) is 0 Å². The van der Waals surface area contributed by atoms with E-state index in [1.165, 1.54) is 18.5 Å². The maximum atomic E-state index is 10.5. The minimum Gasteiger partial charge on any atom is -0.296 e. The molecule has 12 heavy (non-hydrogen) atoms. The largest absolute Gasteiger partial charge is 0.296 e. The highest BCUT2D eigenvalue weighted by Crippen LogP contribution is 2.35. The van der Waals surface area contributed by atoms with Crippen molar-refractivity contribution in [2.45, 2.75) is 32.2 Å². The van der Waals surface area contributed by atoms with Crippen molar-refractivity contribution >= 4 is 6.29 Å². The minimum absolute atomic E-state index is 0.568. The van der Waals surface area contributed by atoms with E-state index < -0.39 is 0 Å². The van der Waals surface area contributed by atoms with Crippen LogP contribution in [0.15, 0.2) is 6.07 Å². The monoisotopic (exact) mass is 164 g/mol. The van der Waals surface area contributed by atoms with Gasteiger partial charge in [-0.3, -0.25) is 9.48 Å². The van der Waals surface area contributed by atoms with Gasteiger partial charge in [-0.15, -0.1) is 0 Å². The van der Waals surface area contributed by atoms with Gasteiger partial charge in [0.15, 0.2) is 6.29 Å². The Morgan fingerprint density at radius 3 is 3.00 bits per heavy atom. The van der Waals surface area contributed by atoms with Crippen molar-refractivity contribution in [3.63, 3.8) is 0 Å². The van der Waals surface area contributed by atoms with E-state index in [0.717, 1.165) is 12.7 Å². The Balaban J connectivity index is 2.35. The van der Waals surface area contributed by atoms with E-state index in [1.54, 1.807) is 0 Å². The predicted octanol–water partition coefficient (Wildman–Crippen LogP) is 1.59. The zero-order valence-corrected chi connectivity index (χ0v) is 7.16. The molecule has 2 rings (SSSR count). The van der Waals surface area contributed by atoms with E-state index in [2.05, 4.69) is 12.0 Å². The Hall–Kier alpha value is -1.12. The Bertz CT molecular complexity index is 299. The molecule has 0 bridgehead atoms. The lowest BCUT2D eigenvalue weighted by atomic mass is 10.3. The van der Waals surface area contributed by atoms with Crippen molar-refractivity contribution in [1.82, 2.24) is 9.78 Å². The number of aromatic nitrogens is 2. The molecule has 1 aliphatic carbocycles. The van der Waals surface area contributed by atoms with E-state index in [9.17, 15) is 4.79 Å². The number of rotatable bonds is 3. The van der Waals surface area contributed by atoms with Crippen LogP contribution in [0.1, 0.15) is 42.0 Å². The van der Waals surface area contributed by atoms with Crippen molar-refractivity contribution in [2.24, 2.45) is 0 Å². The van der Waals surface area contributed by atoms with Crippen LogP contribution in [0.3, 0.4) is 0 Å². The second-order valence-corrected chi connectivity index (χ2v) is 3.21. The zero-order valence-electron chi connectivity index (χ0n) is 7.16. The van der Waals surface area contributed by atoms with Gasteiger partial charge in [0, 0.05) is 5.69 Å². The van der Waals surface area contributed by atoms with Crippen molar-refractivity contribution in [3.8, 4) is 0 Å². The SMILES string of the molecule is CCc1cc(C=O)nn1C1CC1. The summed E-state index contributed by atoms with van der Waals surface area (Å²) in [6.45, 7) is 2.09. The summed E-state index contributed by atoms with van der Waals surface area (Å²) in [4.78, 5) is 10.5. The van der Waals surface area contributed by atoms with Crippen LogP contribution >= 0.6 is 0 Å². The molecule has 0 saturated heterocycles. The second kappa shape index (κ2) is 2.73. The normalized spacial score (nSPS) is 16.4. The van der Waals surface area contributed by atoms with Gasteiger partial charge in [-0.1, -0.05) is 6.92 Å². The van der Waals surface area contributed by atoms with Gasteiger partial charge < -0.3 is 0 Å². The number of carbonyl (C=O) groups excluding carboxylic acids is 1. The molecule has 1 aliphatic rings. The van der Waals surface area contributed by atoms with Crippen molar-refractivity contribution in [3.05, 3.63) is 17.5 Å². The third kappa shape index (κ3) is 1.15. The lowest BCUT2D eigenvalue weighted by Crippen LogP contribution is -2.01. The number of hydrogen-bond donors (Lipinski definition) is 0. The molecule has 0 N–H and O–H groups in total. The van der Waals surface area contributed by atoms with Gasteiger partial charge in [-0.05, 0) is 25.3 Å². The van der Waals surface area contributed by atoms with Crippen LogP contribution < -0.4 is 0 Å². The molecule has 1 aromatic rings. The fourth-order valence-electron chi connectivity index (χ4n) is 1.41. The second-order valence-electron chi connectivity index (χ2n) is 3.21. The summed E-state index contributed by atoms with van der Waals surface area (Å²) in [6.07, 6.45) is 4.20. The fourth-order valence-corrected chi connectivity index (χ4v) is 1.41. The van der Waals surface area contributed by atoms with Crippen LogP contribution in [0.4, 0.5) is 0 Å². The average Bonchev–Trinajstić information content (AvgIpc) is 2.85. The van der Waals surface area contributed by atoms with Gasteiger partial charge in [0.25, 0.3) is 0 Å². The molecule has 0 aromatic carbocycles. The number of hydrogen-bond acceptors (Lipinski definition) is 2. The first-order valence-corrected chi connectivity index (χ1v) is 4.38. The molecule has 64 valence electrons. The van der Waals surface area contributed by atoms with Crippen LogP contribution in [0, 0.1) is 0 Å². The van der Waals surface area contributed by atoms with Gasteiger partial charge in [-0.2, -0.15) is 5.10 Å². The molecular formula is C9H12N2O. The number of carbonyl (C=O) groups is 1. The summed E-state index contributed by atoms with van der Waals surface area (Å²) in [5, 5.41) is 4.21. The van der Waals surface area contributed by atoms with E-state index in [-0.39, 0.29) is 0 Å². The Morgan fingerprint density at radius 1 is 1.75 bits per heavy atom. The van der Waals surface area contributed by atoms with Gasteiger partial charge in [0.05, 0.1) is 6.04 Å². The first kappa shape index (κ1) is 7.53. The third-order valence-electron chi connectivity index (χ3n) is 2.21. The molecule has 1 fully saturated rings. The van der Waals surface area contributed by atoms with Crippen LogP contribution in [0.25, 0.3) is 0 Å². The molecule has 0 unspecified atom stereocenters. The topological polar surface area (TPSA) is 34.9 Å². The summed E-state index contributed by atoms with van der Waals surface area (Å²) in [5.74, 6) is 0. The molecule has 0 amide bonds. The third-order valence-corrected chi connectivity index (χ3v) is 2.21. The fraction of sp³-hybridized carbons (Fsp3) is 0.556. The molecule has 3 nitrogen and oxygen atoms in total. The summed E-state index contributed by atoms with van der Waals surface area (Å²) >= 11 is 0. The van der Waals surface area contributed by atoms with Gasteiger partial charge in [0.2, 0.25) is 0 Å². The maximum Gasteiger partial charge on any atom is 0.170 e. The molecule has 0 atom stereocenters. The Morgan fingerprint density at radius 2 is 2.50 bits per heavy atom. The number of aryl methyl sites for hydroxylation is 1. The molecule has 0 spiro atoms. The van der Waals surface area contributed by atoms with Gasteiger partial charge in [-0.25, -0.2) is 0 Å². The molecule has 0 radical (unpaired) electrons. The quantitative estimate of drug-likeness (QED) is 0.636. The Kier molecular flexibility index (Phi) is 1.71. The highest BCUT2D eigenvalue weighted by atomic mass is 16.1. The smallest absolute Gasteiger partial charge is 0.170 e. The molecule has 3 heteroatoms. The maximum absolute atomic E-state index is 10.5. The highest BCUT2D eigenvalue weighted by molar-refractivity contribution is 5.71. The van der Waals surface area contributed by atoms with E-state index >= 15 is 0 Å². The van der Waals surface area contributed by atoms with Gasteiger partial charge >= 0.3 is 0 Å². The van der Waals surface area contributed by atoms with Crippen LogP contribution in [-0.4, -0.2) is 16.1 Å². The van der Waals surface area contributed by atoms with E-state index in [1.807, 2.05) is 10.7 Å². The molecule has 1 saturated carbocycles. The average molecular weight is 164 g/mol. The predicted molar refractivity (Wildman–Crippen MR) is 45.3 cm³/mol. The lowest BCUT2D eigenvalue weighted by molar-refractivity contribution is 0.111.